The lowest BCUT2D eigenvalue weighted by atomic mass is 10.1. The summed E-state index contributed by atoms with van der Waals surface area (Å²) in [5, 5.41) is 0. The summed E-state index contributed by atoms with van der Waals surface area (Å²) >= 11 is 0. The molecule has 0 amide bonds. The van der Waals surface area contributed by atoms with Gasteiger partial charge in [0.1, 0.15) is 18.5 Å². The van der Waals surface area contributed by atoms with Crippen LogP contribution in [0.3, 0.4) is 0 Å². The van der Waals surface area contributed by atoms with Crippen LogP contribution in [0.1, 0.15) is 12.8 Å². The molecule has 8 heteroatoms. The van der Waals surface area contributed by atoms with Crippen molar-refractivity contribution in [1.29, 1.82) is 0 Å². The van der Waals surface area contributed by atoms with Crippen molar-refractivity contribution in [2.45, 2.75) is 18.9 Å². The standard InChI is InChI=1S/C17H21N3O4S/c21-25(22,12-11-23-15-5-2-1-3-6-15)20-10-4-7-16(14-20)24-17-13-18-8-9-19-17/h1-3,5-6,8-9,13,16H,4,7,10-12,14H2. The smallest absolute Gasteiger partial charge is 0.232 e. The Balaban J connectivity index is 1.52. The Bertz CT molecular complexity index is 756. The molecule has 134 valence electrons. The molecule has 1 fully saturated rings. The van der Waals surface area contributed by atoms with Crippen LogP contribution < -0.4 is 9.47 Å². The van der Waals surface area contributed by atoms with Crippen molar-refractivity contribution >= 4 is 10.0 Å². The van der Waals surface area contributed by atoms with Gasteiger partial charge in [-0.25, -0.2) is 13.4 Å². The lowest BCUT2D eigenvalue weighted by Gasteiger charge is -2.31. The first-order valence-corrected chi connectivity index (χ1v) is 9.83. The van der Waals surface area contributed by atoms with Gasteiger partial charge in [0.2, 0.25) is 15.9 Å². The van der Waals surface area contributed by atoms with Gasteiger partial charge in [0.05, 0.1) is 18.5 Å². The number of benzene rings is 1. The molecule has 2 heterocycles. The number of hydrogen-bond acceptors (Lipinski definition) is 6. The number of hydrogen-bond donors (Lipinski definition) is 0. The van der Waals surface area contributed by atoms with E-state index < -0.39 is 10.0 Å². The first-order valence-electron chi connectivity index (χ1n) is 8.22. The van der Waals surface area contributed by atoms with E-state index in [4.69, 9.17) is 9.47 Å². The molecule has 25 heavy (non-hydrogen) atoms. The summed E-state index contributed by atoms with van der Waals surface area (Å²) in [6, 6.07) is 9.19. The maximum Gasteiger partial charge on any atom is 0.232 e. The molecular weight excluding hydrogens is 342 g/mol. The van der Waals surface area contributed by atoms with Crippen LogP contribution in [0, 0.1) is 0 Å². The highest BCUT2D eigenvalue weighted by molar-refractivity contribution is 7.89. The number of piperidine rings is 1. The van der Waals surface area contributed by atoms with Crippen molar-refractivity contribution in [3.8, 4) is 11.6 Å². The zero-order valence-corrected chi connectivity index (χ0v) is 14.6. The van der Waals surface area contributed by atoms with Crippen LogP contribution in [0.4, 0.5) is 0 Å². The fraction of sp³-hybridized carbons (Fsp3) is 0.412. The fourth-order valence-corrected chi connectivity index (χ4v) is 4.03. The third-order valence-electron chi connectivity index (χ3n) is 3.91. The fourth-order valence-electron chi connectivity index (χ4n) is 2.68. The third-order valence-corrected chi connectivity index (χ3v) is 5.72. The Hall–Kier alpha value is -2.19. The average molecular weight is 363 g/mol. The number of nitrogens with zero attached hydrogens (tertiary/aromatic N) is 3. The van der Waals surface area contributed by atoms with E-state index in [0.29, 0.717) is 24.7 Å². The van der Waals surface area contributed by atoms with Crippen molar-refractivity contribution < 1.29 is 17.9 Å². The number of aromatic nitrogens is 2. The molecule has 1 aliphatic rings. The van der Waals surface area contributed by atoms with Crippen LogP contribution in [-0.4, -0.2) is 54.2 Å². The van der Waals surface area contributed by atoms with E-state index in [1.165, 1.54) is 10.5 Å². The molecule has 0 aliphatic carbocycles. The second-order valence-electron chi connectivity index (χ2n) is 5.76. The molecule has 1 saturated heterocycles. The van der Waals surface area contributed by atoms with Crippen LogP contribution >= 0.6 is 0 Å². The predicted octanol–water partition coefficient (Wildman–Crippen LogP) is 1.73. The zero-order chi connectivity index (χ0) is 17.5. The molecule has 1 aromatic heterocycles. The number of rotatable bonds is 7. The van der Waals surface area contributed by atoms with E-state index in [2.05, 4.69) is 9.97 Å². The summed E-state index contributed by atoms with van der Waals surface area (Å²) < 4.78 is 37.8. The largest absolute Gasteiger partial charge is 0.492 e. The Morgan fingerprint density at radius 3 is 2.80 bits per heavy atom. The molecule has 1 aliphatic heterocycles. The highest BCUT2D eigenvalue weighted by atomic mass is 32.2. The van der Waals surface area contributed by atoms with Gasteiger partial charge in [0.25, 0.3) is 0 Å². The monoisotopic (exact) mass is 363 g/mol. The SMILES string of the molecule is O=S(=O)(CCOc1ccccc1)N1CCCC(Oc2cnccn2)C1. The van der Waals surface area contributed by atoms with Crippen LogP contribution in [0.25, 0.3) is 0 Å². The van der Waals surface area contributed by atoms with Gasteiger partial charge in [-0.05, 0) is 25.0 Å². The van der Waals surface area contributed by atoms with E-state index in [1.54, 1.807) is 24.5 Å². The van der Waals surface area contributed by atoms with Crippen molar-refractivity contribution in [1.82, 2.24) is 14.3 Å². The highest BCUT2D eigenvalue weighted by Gasteiger charge is 2.30. The van der Waals surface area contributed by atoms with Gasteiger partial charge in [-0.2, -0.15) is 4.31 Å². The minimum absolute atomic E-state index is 0.0558. The Kier molecular flexibility index (Phi) is 5.83. The quantitative estimate of drug-likeness (QED) is 0.745. The van der Waals surface area contributed by atoms with Gasteiger partial charge in [0, 0.05) is 18.9 Å². The molecular formula is C17H21N3O4S. The zero-order valence-electron chi connectivity index (χ0n) is 13.8. The first kappa shape index (κ1) is 17.6. The molecule has 0 saturated carbocycles. The topological polar surface area (TPSA) is 81.6 Å². The van der Waals surface area contributed by atoms with Gasteiger partial charge in [-0.15, -0.1) is 0 Å². The normalized spacial score (nSPS) is 18.6. The minimum Gasteiger partial charge on any atom is -0.492 e. The van der Waals surface area contributed by atoms with Gasteiger partial charge >= 0.3 is 0 Å². The van der Waals surface area contributed by atoms with Crippen LogP contribution in [0.15, 0.2) is 48.9 Å². The molecule has 1 aromatic carbocycles. The lowest BCUT2D eigenvalue weighted by Crippen LogP contribution is -2.45. The molecule has 0 N–H and O–H groups in total. The lowest BCUT2D eigenvalue weighted by molar-refractivity contribution is 0.124. The molecule has 2 aromatic rings. The van der Waals surface area contributed by atoms with Gasteiger partial charge in [-0.1, -0.05) is 18.2 Å². The van der Waals surface area contributed by atoms with Crippen LogP contribution in [0.2, 0.25) is 0 Å². The predicted molar refractivity (Wildman–Crippen MR) is 93.0 cm³/mol. The van der Waals surface area contributed by atoms with Gasteiger partial charge in [-0.3, -0.25) is 4.98 Å². The molecule has 3 rings (SSSR count). The number of ether oxygens (including phenoxy) is 2. The van der Waals surface area contributed by atoms with Crippen molar-refractivity contribution in [3.05, 3.63) is 48.9 Å². The molecule has 1 atom stereocenters. The summed E-state index contributed by atoms with van der Waals surface area (Å²) in [4.78, 5) is 8.02. The minimum atomic E-state index is -3.39. The highest BCUT2D eigenvalue weighted by Crippen LogP contribution is 2.19. The van der Waals surface area contributed by atoms with Crippen molar-refractivity contribution in [3.63, 3.8) is 0 Å². The van der Waals surface area contributed by atoms with E-state index in [0.717, 1.165) is 12.8 Å². The van der Waals surface area contributed by atoms with Crippen molar-refractivity contribution in [2.75, 3.05) is 25.4 Å². The Labute approximate surface area is 147 Å². The average Bonchev–Trinajstić information content (AvgIpc) is 2.64. The third kappa shape index (κ3) is 5.14. The Morgan fingerprint density at radius 2 is 2.04 bits per heavy atom. The first-order chi connectivity index (χ1) is 12.1. The van der Waals surface area contributed by atoms with Crippen LogP contribution in [0.5, 0.6) is 11.6 Å². The van der Waals surface area contributed by atoms with E-state index in [9.17, 15) is 8.42 Å². The maximum atomic E-state index is 12.5. The number of sulfonamides is 1. The molecule has 0 spiro atoms. The van der Waals surface area contributed by atoms with E-state index in [-0.39, 0.29) is 18.5 Å². The summed E-state index contributed by atoms with van der Waals surface area (Å²) in [5.41, 5.74) is 0. The number of para-hydroxylation sites is 1. The molecule has 1 unspecified atom stereocenters. The summed E-state index contributed by atoms with van der Waals surface area (Å²) in [6.45, 7) is 0.955. The summed E-state index contributed by atoms with van der Waals surface area (Å²) in [6.07, 6.45) is 5.98. The van der Waals surface area contributed by atoms with Crippen LogP contribution in [-0.2, 0) is 10.0 Å². The summed E-state index contributed by atoms with van der Waals surface area (Å²) in [5.74, 6) is 1.03. The second-order valence-corrected chi connectivity index (χ2v) is 7.85. The second kappa shape index (κ2) is 8.26. The molecule has 7 nitrogen and oxygen atoms in total. The maximum absolute atomic E-state index is 12.5. The molecule has 0 bridgehead atoms. The van der Waals surface area contributed by atoms with Gasteiger partial charge < -0.3 is 9.47 Å². The van der Waals surface area contributed by atoms with Crippen molar-refractivity contribution in [2.24, 2.45) is 0 Å². The summed E-state index contributed by atoms with van der Waals surface area (Å²) in [7, 11) is -3.39. The van der Waals surface area contributed by atoms with E-state index >= 15 is 0 Å². The molecule has 0 radical (unpaired) electrons. The Morgan fingerprint density at radius 1 is 1.20 bits per heavy atom. The van der Waals surface area contributed by atoms with E-state index in [1.807, 2.05) is 18.2 Å². The van der Waals surface area contributed by atoms with Gasteiger partial charge in [0.15, 0.2) is 0 Å².